The van der Waals surface area contributed by atoms with Crippen LogP contribution >= 0.6 is 0 Å². The Morgan fingerprint density at radius 2 is 1.78 bits per heavy atom. The molecule has 1 aliphatic heterocycles. The van der Waals surface area contributed by atoms with Gasteiger partial charge in [0.05, 0.1) is 13.2 Å². The summed E-state index contributed by atoms with van der Waals surface area (Å²) in [5.74, 6) is 0.798. The predicted molar refractivity (Wildman–Crippen MR) is 99.7 cm³/mol. The van der Waals surface area contributed by atoms with Crippen LogP contribution in [0.5, 0.6) is 5.75 Å². The fraction of sp³-hybridized carbons (Fsp3) is 0.381. The van der Waals surface area contributed by atoms with Crippen molar-refractivity contribution in [3.63, 3.8) is 0 Å². The zero-order valence-corrected chi connectivity index (χ0v) is 15.0. The Bertz CT molecular complexity index is 803. The Balaban J connectivity index is 1.45. The van der Waals surface area contributed by atoms with Crippen LogP contribution in [0, 0.1) is 0 Å². The minimum absolute atomic E-state index is 0.0289. The molecule has 0 unspecified atom stereocenters. The van der Waals surface area contributed by atoms with Crippen LogP contribution in [0.15, 0.2) is 48.5 Å². The number of hydrogen-bond acceptors (Lipinski definition) is 4. The maximum Gasteiger partial charge on any atom is 0.404 e. The van der Waals surface area contributed by atoms with Crippen molar-refractivity contribution in [2.24, 2.45) is 0 Å². The lowest BCUT2D eigenvalue weighted by Gasteiger charge is -2.15. The van der Waals surface area contributed by atoms with Crippen molar-refractivity contribution in [2.45, 2.75) is 37.7 Å². The molecule has 1 saturated carbocycles. The maximum absolute atomic E-state index is 10.8. The van der Waals surface area contributed by atoms with E-state index >= 15 is 0 Å². The third kappa shape index (κ3) is 4.40. The Kier molecular flexibility index (Phi) is 5.27. The fourth-order valence-electron chi connectivity index (χ4n) is 3.71. The van der Waals surface area contributed by atoms with Gasteiger partial charge in [-0.15, -0.1) is 0 Å². The first-order valence-corrected chi connectivity index (χ1v) is 9.27. The average Bonchev–Trinajstić information content (AvgIpc) is 3.34. The number of carbonyl (C=O) groups is 1. The normalized spacial score (nSPS) is 22.7. The van der Waals surface area contributed by atoms with E-state index in [4.69, 9.17) is 19.3 Å². The van der Waals surface area contributed by atoms with Gasteiger partial charge in [-0.1, -0.05) is 30.3 Å². The third-order valence-corrected chi connectivity index (χ3v) is 4.96. The Hall–Kier alpha value is -2.57. The van der Waals surface area contributed by atoms with Crippen molar-refractivity contribution in [3.8, 4) is 16.9 Å². The van der Waals surface area contributed by atoms with Gasteiger partial charge in [0.25, 0.3) is 0 Å². The van der Waals surface area contributed by atoms with Crippen LogP contribution in [0.3, 0.4) is 0 Å². The van der Waals surface area contributed by atoms with Crippen LogP contribution in [0.4, 0.5) is 4.79 Å². The standard InChI is InChI=1S/C21H23NO5/c23-21(24)22-17-7-8-19(13-17)27-18-6-2-4-15(12-18)14-3-1-5-16(11-14)20-25-9-10-26-20/h1-6,11-12,17,19-20,22H,7-10,13H2,(H,23,24)/t17-,19-/m1/s1. The van der Waals surface area contributed by atoms with Gasteiger partial charge in [-0.2, -0.15) is 0 Å². The summed E-state index contributed by atoms with van der Waals surface area (Å²) >= 11 is 0. The first-order valence-electron chi connectivity index (χ1n) is 9.27. The molecule has 0 spiro atoms. The summed E-state index contributed by atoms with van der Waals surface area (Å²) in [6, 6.07) is 16.1. The van der Waals surface area contributed by atoms with Gasteiger partial charge in [-0.25, -0.2) is 4.79 Å². The summed E-state index contributed by atoms with van der Waals surface area (Å²) in [7, 11) is 0. The molecule has 0 radical (unpaired) electrons. The van der Waals surface area contributed by atoms with E-state index < -0.39 is 6.09 Å². The molecule has 27 heavy (non-hydrogen) atoms. The lowest BCUT2D eigenvalue weighted by Crippen LogP contribution is -2.32. The second kappa shape index (κ2) is 7.98. The average molecular weight is 369 g/mol. The summed E-state index contributed by atoms with van der Waals surface area (Å²) in [4.78, 5) is 10.8. The largest absolute Gasteiger partial charge is 0.490 e. The zero-order valence-electron chi connectivity index (χ0n) is 15.0. The van der Waals surface area contributed by atoms with Crippen LogP contribution in [0.2, 0.25) is 0 Å². The molecular weight excluding hydrogens is 346 g/mol. The van der Waals surface area contributed by atoms with Crippen LogP contribution < -0.4 is 10.1 Å². The minimum Gasteiger partial charge on any atom is -0.490 e. The minimum atomic E-state index is -0.974. The number of amides is 1. The van der Waals surface area contributed by atoms with Crippen molar-refractivity contribution in [2.75, 3.05) is 13.2 Å². The van der Waals surface area contributed by atoms with Crippen molar-refractivity contribution >= 4 is 6.09 Å². The second-order valence-electron chi connectivity index (χ2n) is 6.93. The number of carboxylic acid groups (broad SMARTS) is 1. The van der Waals surface area contributed by atoms with Crippen molar-refractivity contribution in [1.82, 2.24) is 5.32 Å². The van der Waals surface area contributed by atoms with E-state index in [0.29, 0.717) is 19.6 Å². The molecule has 6 nitrogen and oxygen atoms in total. The molecular formula is C21H23NO5. The smallest absolute Gasteiger partial charge is 0.404 e. The molecule has 2 aliphatic rings. The predicted octanol–water partition coefficient (Wildman–Crippen LogP) is 3.97. The molecule has 2 fully saturated rings. The SMILES string of the molecule is O=C(O)N[C@@H]1CC[C@@H](Oc2cccc(-c3cccc(C4OCCO4)c3)c2)C1. The molecule has 4 rings (SSSR count). The molecule has 6 heteroatoms. The molecule has 1 saturated heterocycles. The second-order valence-corrected chi connectivity index (χ2v) is 6.93. The number of rotatable bonds is 5. The van der Waals surface area contributed by atoms with Crippen molar-refractivity contribution < 1.29 is 24.1 Å². The van der Waals surface area contributed by atoms with Gasteiger partial charge in [0.2, 0.25) is 0 Å². The summed E-state index contributed by atoms with van der Waals surface area (Å²) < 4.78 is 17.3. The molecule has 0 aromatic heterocycles. The summed E-state index contributed by atoms with van der Waals surface area (Å²) in [5, 5.41) is 11.4. The van der Waals surface area contributed by atoms with E-state index in [9.17, 15) is 4.79 Å². The molecule has 1 aliphatic carbocycles. The lowest BCUT2D eigenvalue weighted by atomic mass is 10.0. The van der Waals surface area contributed by atoms with Crippen LogP contribution in [0.25, 0.3) is 11.1 Å². The Labute approximate surface area is 158 Å². The van der Waals surface area contributed by atoms with E-state index in [1.54, 1.807) is 0 Å². The van der Waals surface area contributed by atoms with Crippen LogP contribution in [0.1, 0.15) is 31.1 Å². The molecule has 2 aromatic rings. The van der Waals surface area contributed by atoms with Crippen molar-refractivity contribution in [1.29, 1.82) is 0 Å². The van der Waals surface area contributed by atoms with Gasteiger partial charge in [-0.05, 0) is 42.2 Å². The first kappa shape index (κ1) is 17.8. The third-order valence-electron chi connectivity index (χ3n) is 4.96. The summed E-state index contributed by atoms with van der Waals surface area (Å²) in [5.41, 5.74) is 3.15. The fourth-order valence-corrected chi connectivity index (χ4v) is 3.71. The van der Waals surface area contributed by atoms with Crippen molar-refractivity contribution in [3.05, 3.63) is 54.1 Å². The molecule has 142 valence electrons. The van der Waals surface area contributed by atoms with E-state index in [1.807, 2.05) is 36.4 Å². The Morgan fingerprint density at radius 3 is 2.56 bits per heavy atom. The summed E-state index contributed by atoms with van der Waals surface area (Å²) in [6.45, 7) is 1.24. The Morgan fingerprint density at radius 1 is 1.04 bits per heavy atom. The highest BCUT2D eigenvalue weighted by molar-refractivity contribution is 5.66. The molecule has 2 atom stereocenters. The van der Waals surface area contributed by atoms with Gasteiger partial charge in [0.15, 0.2) is 6.29 Å². The number of nitrogens with one attached hydrogen (secondary N) is 1. The van der Waals surface area contributed by atoms with Gasteiger partial charge >= 0.3 is 6.09 Å². The maximum atomic E-state index is 10.8. The molecule has 2 aromatic carbocycles. The highest BCUT2D eigenvalue weighted by Gasteiger charge is 2.27. The van der Waals surface area contributed by atoms with Gasteiger partial charge in [0, 0.05) is 18.0 Å². The quantitative estimate of drug-likeness (QED) is 0.834. The van der Waals surface area contributed by atoms with Gasteiger partial charge < -0.3 is 24.6 Å². The number of hydrogen-bond donors (Lipinski definition) is 2. The molecule has 1 heterocycles. The highest BCUT2D eigenvalue weighted by atomic mass is 16.7. The lowest BCUT2D eigenvalue weighted by molar-refractivity contribution is -0.0440. The zero-order chi connectivity index (χ0) is 18.6. The van der Waals surface area contributed by atoms with E-state index in [1.165, 1.54) is 0 Å². The van der Waals surface area contributed by atoms with E-state index in [0.717, 1.165) is 35.3 Å². The molecule has 2 N–H and O–H groups in total. The highest BCUT2D eigenvalue weighted by Crippen LogP contribution is 2.31. The van der Waals surface area contributed by atoms with Crippen LogP contribution in [-0.4, -0.2) is 36.6 Å². The molecule has 0 bridgehead atoms. The van der Waals surface area contributed by atoms with Gasteiger partial charge in [-0.3, -0.25) is 0 Å². The summed E-state index contributed by atoms with van der Waals surface area (Å²) in [6.07, 6.45) is 1.12. The monoisotopic (exact) mass is 369 g/mol. The molecule has 1 amide bonds. The number of benzene rings is 2. The first-order chi connectivity index (χ1) is 13.2. The van der Waals surface area contributed by atoms with Crippen LogP contribution in [-0.2, 0) is 9.47 Å². The van der Waals surface area contributed by atoms with E-state index in [-0.39, 0.29) is 18.4 Å². The van der Waals surface area contributed by atoms with E-state index in [2.05, 4.69) is 17.4 Å². The topological polar surface area (TPSA) is 77.0 Å². The van der Waals surface area contributed by atoms with Gasteiger partial charge in [0.1, 0.15) is 11.9 Å². The number of ether oxygens (including phenoxy) is 3.